The van der Waals surface area contributed by atoms with Crippen LogP contribution in [0.2, 0.25) is 110 Å². The van der Waals surface area contributed by atoms with Gasteiger partial charge in [-0.2, -0.15) is 0 Å². The topological polar surface area (TPSA) is 66.4 Å². The van der Waals surface area contributed by atoms with E-state index in [2.05, 4.69) is 212 Å². The summed E-state index contributed by atoms with van der Waals surface area (Å²) in [6.45, 7) is 64.0. The monoisotopic (exact) mass is 885 g/mol. The van der Waals surface area contributed by atoms with E-state index in [0.29, 0.717) is 6.61 Å². The van der Waals surface area contributed by atoms with Crippen LogP contribution in [0.5, 0.6) is 0 Å². The summed E-state index contributed by atoms with van der Waals surface area (Å²) in [6, 6.07) is 0. The fraction of sp³-hybridized carbons (Fsp3) is 0.909. The van der Waals surface area contributed by atoms with Crippen LogP contribution < -0.4 is 0 Å². The van der Waals surface area contributed by atoms with Crippen LogP contribution in [0.3, 0.4) is 0 Å². The summed E-state index contributed by atoms with van der Waals surface area (Å²) >= 11 is 0. The molecule has 0 spiro atoms. The van der Waals surface area contributed by atoms with Gasteiger partial charge >= 0.3 is 0 Å². The lowest BCUT2D eigenvalue weighted by Crippen LogP contribution is -2.60. The van der Waals surface area contributed by atoms with Gasteiger partial charge in [-0.25, -0.2) is 0 Å². The van der Waals surface area contributed by atoms with E-state index in [-0.39, 0.29) is 25.2 Å². The predicted octanol–water partition coefficient (Wildman–Crippen LogP) is 12.6. The van der Waals surface area contributed by atoms with E-state index in [0.717, 1.165) is 0 Å². The van der Waals surface area contributed by atoms with Gasteiger partial charge in [-0.15, -0.1) is 11.1 Å². The van der Waals surface area contributed by atoms with Crippen molar-refractivity contribution in [3.05, 3.63) is 0 Å². The molecule has 0 aromatic rings. The van der Waals surface area contributed by atoms with Crippen molar-refractivity contribution in [2.24, 2.45) is 0 Å². The SMILES string of the molecule is CC(C)(C)[Si](C)(C)C#C[C@@]1(C(O)C#C[Si](C)(C)C)O[C@@H]([C@@H](CO[Si](C)(C)C(C)(C)C)O[Si](C)(C)C(C)(C)C)[C@H](O[Si](C)(C)C(C)(C)C)[C@H]1O[Si](C)(C)C(C)(C)C. The fourth-order valence-corrected chi connectivity index (χ4v) is 11.2. The van der Waals surface area contributed by atoms with Gasteiger partial charge in [-0.05, 0) is 77.6 Å². The summed E-state index contributed by atoms with van der Waals surface area (Å²) in [5, 5.41) is 12.5. The number of aliphatic hydroxyl groups is 1. The highest BCUT2D eigenvalue weighted by Crippen LogP contribution is 2.50. The van der Waals surface area contributed by atoms with E-state index in [4.69, 9.17) is 22.4 Å². The second-order valence-electron chi connectivity index (χ2n) is 25.6. The Kier molecular flexibility index (Phi) is 16.6. The van der Waals surface area contributed by atoms with E-state index >= 15 is 0 Å². The molecule has 0 saturated carbocycles. The molecular formula is C44H92O6Si6. The van der Waals surface area contributed by atoms with Gasteiger partial charge in [-0.1, -0.05) is 148 Å². The minimum absolute atomic E-state index is 0.00287. The van der Waals surface area contributed by atoms with Crippen LogP contribution in [0.1, 0.15) is 104 Å². The van der Waals surface area contributed by atoms with Gasteiger partial charge in [0.15, 0.2) is 45.0 Å². The molecule has 1 heterocycles. The first-order chi connectivity index (χ1) is 24.2. The Labute approximate surface area is 355 Å². The number of rotatable bonds is 11. The van der Waals surface area contributed by atoms with E-state index < -0.39 is 85.5 Å². The third kappa shape index (κ3) is 13.1. The average Bonchev–Trinajstić information content (AvgIpc) is 3.22. The molecule has 1 aliphatic rings. The molecule has 0 amide bonds. The molecule has 6 nitrogen and oxygen atoms in total. The van der Waals surface area contributed by atoms with E-state index in [1.165, 1.54) is 0 Å². The molecule has 1 rings (SSSR count). The third-order valence-corrected chi connectivity index (χ3v) is 37.6. The smallest absolute Gasteiger partial charge is 0.192 e. The molecule has 0 aliphatic carbocycles. The molecular weight excluding hydrogens is 793 g/mol. The summed E-state index contributed by atoms with van der Waals surface area (Å²) in [7, 11) is -13.9. The van der Waals surface area contributed by atoms with E-state index in [9.17, 15) is 5.11 Å². The molecule has 0 bridgehead atoms. The summed E-state index contributed by atoms with van der Waals surface area (Å²) < 4.78 is 37.6. The normalized spacial score (nSPS) is 23.9. The van der Waals surface area contributed by atoms with Gasteiger partial charge in [0.1, 0.15) is 34.5 Å². The number of hydrogen-bond acceptors (Lipinski definition) is 6. The summed E-state index contributed by atoms with van der Waals surface area (Å²) in [5.41, 5.74) is 5.82. The second-order valence-corrected chi connectivity index (χ2v) is 54.4. The van der Waals surface area contributed by atoms with E-state index in [1.807, 2.05) is 0 Å². The van der Waals surface area contributed by atoms with Crippen LogP contribution in [-0.4, -0.2) is 97.3 Å². The second kappa shape index (κ2) is 17.2. The minimum Gasteiger partial charge on any atom is -0.414 e. The molecule has 1 N–H and O–H groups in total. The zero-order valence-electron chi connectivity index (χ0n) is 42.1. The molecule has 1 unspecified atom stereocenters. The fourth-order valence-electron chi connectivity index (χ4n) is 4.84. The van der Waals surface area contributed by atoms with Crippen LogP contribution >= 0.6 is 0 Å². The first-order valence-electron chi connectivity index (χ1n) is 21.3. The lowest BCUT2D eigenvalue weighted by atomic mass is 9.89. The van der Waals surface area contributed by atoms with Crippen LogP contribution in [-0.2, 0) is 22.4 Å². The van der Waals surface area contributed by atoms with Crippen molar-refractivity contribution in [3.8, 4) is 22.9 Å². The number of aliphatic hydroxyl groups excluding tert-OH is 1. The maximum absolute atomic E-state index is 12.8. The summed E-state index contributed by atoms with van der Waals surface area (Å²) in [5.74, 6) is 7.09. The predicted molar refractivity (Wildman–Crippen MR) is 259 cm³/mol. The van der Waals surface area contributed by atoms with Crippen LogP contribution in [0, 0.1) is 22.9 Å². The Bertz CT molecular complexity index is 1460. The van der Waals surface area contributed by atoms with E-state index in [1.54, 1.807) is 0 Å². The maximum Gasteiger partial charge on any atom is 0.192 e. The molecule has 56 heavy (non-hydrogen) atoms. The molecule has 1 saturated heterocycles. The molecule has 0 aromatic carbocycles. The van der Waals surface area contributed by atoms with Crippen molar-refractivity contribution in [2.75, 3.05) is 6.61 Å². The van der Waals surface area contributed by atoms with Crippen molar-refractivity contribution in [3.63, 3.8) is 0 Å². The maximum atomic E-state index is 12.8. The molecule has 12 heteroatoms. The molecule has 1 fully saturated rings. The Balaban J connectivity index is 4.68. The highest BCUT2D eigenvalue weighted by atomic mass is 28.4. The molecule has 1 aliphatic heterocycles. The van der Waals surface area contributed by atoms with Crippen molar-refractivity contribution in [2.45, 2.75) is 250 Å². The molecule has 6 atom stereocenters. The lowest BCUT2D eigenvalue weighted by molar-refractivity contribution is -0.120. The zero-order valence-corrected chi connectivity index (χ0v) is 48.1. The zero-order chi connectivity index (χ0) is 45.0. The van der Waals surface area contributed by atoms with Gasteiger partial charge in [0, 0.05) is 0 Å². The van der Waals surface area contributed by atoms with Crippen molar-refractivity contribution in [1.29, 1.82) is 0 Å². The standard InChI is InChI=1S/C44H92O6Si6/c1-39(2,3)52(19,20)32-30-44(35(45)29-31-51(16,17)18)38(50-56(27,28)43(13,14)15)37(49-55(25,26)42(10,11)12)36(47-44)34(48-54(23,24)41(7,8)9)33-46-53(21,22)40(4,5)6/h34-38,45H,33H2,1-28H3/t34-,35?,36+,37+,38-,44+/m1/s1. The van der Waals surface area contributed by atoms with Crippen molar-refractivity contribution >= 4 is 49.4 Å². The first-order valence-corrected chi connectivity index (χ1v) is 39.4. The van der Waals surface area contributed by atoms with Crippen LogP contribution in [0.15, 0.2) is 0 Å². The molecule has 0 radical (unpaired) electrons. The van der Waals surface area contributed by atoms with Crippen molar-refractivity contribution < 1.29 is 27.5 Å². The Hall–Kier alpha value is 0.181. The quantitative estimate of drug-likeness (QED) is 0.165. The first kappa shape index (κ1) is 54.2. The molecule has 0 aromatic heterocycles. The minimum atomic E-state index is -2.56. The Morgan fingerprint density at radius 3 is 1.36 bits per heavy atom. The van der Waals surface area contributed by atoms with Gasteiger partial charge in [0.2, 0.25) is 0 Å². The summed E-state index contributed by atoms with van der Waals surface area (Å²) in [4.78, 5) is 0. The van der Waals surface area contributed by atoms with Gasteiger partial charge in [0.25, 0.3) is 0 Å². The molecule has 328 valence electrons. The van der Waals surface area contributed by atoms with Crippen LogP contribution in [0.25, 0.3) is 0 Å². The van der Waals surface area contributed by atoms with Crippen LogP contribution in [0.4, 0.5) is 0 Å². The highest BCUT2D eigenvalue weighted by Gasteiger charge is 2.65. The highest BCUT2D eigenvalue weighted by molar-refractivity contribution is 6.87. The van der Waals surface area contributed by atoms with Crippen molar-refractivity contribution in [1.82, 2.24) is 0 Å². The third-order valence-electron chi connectivity index (χ3n) is 14.3. The van der Waals surface area contributed by atoms with Gasteiger partial charge in [-0.3, -0.25) is 0 Å². The number of hydrogen-bond donors (Lipinski definition) is 1. The average molecular weight is 886 g/mol. The Morgan fingerprint density at radius 1 is 0.571 bits per heavy atom. The number of ether oxygens (including phenoxy) is 1. The van der Waals surface area contributed by atoms with Gasteiger partial charge in [0.05, 0.1) is 12.7 Å². The largest absolute Gasteiger partial charge is 0.414 e. The lowest BCUT2D eigenvalue weighted by Gasteiger charge is -2.47. The Morgan fingerprint density at radius 2 is 0.982 bits per heavy atom. The van der Waals surface area contributed by atoms with Gasteiger partial charge < -0.3 is 27.5 Å². The summed E-state index contributed by atoms with van der Waals surface area (Å²) in [6.07, 6.45) is -3.72.